The minimum absolute atomic E-state index is 0.116. The first kappa shape index (κ1) is 12.2. The van der Waals surface area contributed by atoms with E-state index in [1.165, 1.54) is 0 Å². The van der Waals surface area contributed by atoms with Gasteiger partial charge in [-0.25, -0.2) is 0 Å². The molecule has 2 heterocycles. The van der Waals surface area contributed by atoms with E-state index in [0.29, 0.717) is 6.54 Å². The van der Waals surface area contributed by atoms with E-state index in [-0.39, 0.29) is 5.78 Å². The van der Waals surface area contributed by atoms with Gasteiger partial charge in [0.05, 0.1) is 12.2 Å². The second kappa shape index (κ2) is 4.70. The van der Waals surface area contributed by atoms with Crippen LogP contribution in [0, 0.1) is 0 Å². The number of hydrogen-bond acceptors (Lipinski definition) is 1. The van der Waals surface area contributed by atoms with E-state index < -0.39 is 0 Å². The topological polar surface area (TPSA) is 26.9 Å². The van der Waals surface area contributed by atoms with Gasteiger partial charge >= 0.3 is 0 Å². The Morgan fingerprint density at radius 3 is 2.74 bits per heavy atom. The molecular formula is C15H13BrN2O. The number of aryl methyl sites for hydroxylation is 1. The highest BCUT2D eigenvalue weighted by molar-refractivity contribution is 9.10. The summed E-state index contributed by atoms with van der Waals surface area (Å²) in [5, 5.41) is 1.13. The van der Waals surface area contributed by atoms with Crippen molar-refractivity contribution in [1.82, 2.24) is 9.13 Å². The standard InChI is InChI=1S/C15H13BrN2O/c1-17-8-3-6-14(17)15(19)10-18-9-7-11-12(16)4-2-5-13(11)18/h2-9H,10H2,1H3. The zero-order valence-electron chi connectivity index (χ0n) is 10.5. The first-order valence-electron chi connectivity index (χ1n) is 6.05. The first-order valence-corrected chi connectivity index (χ1v) is 6.84. The summed E-state index contributed by atoms with van der Waals surface area (Å²) in [6.45, 7) is 0.359. The van der Waals surface area contributed by atoms with E-state index in [9.17, 15) is 4.79 Å². The fourth-order valence-electron chi connectivity index (χ4n) is 2.31. The second-order valence-corrected chi connectivity index (χ2v) is 5.40. The minimum atomic E-state index is 0.116. The average molecular weight is 317 g/mol. The Bertz CT molecular complexity index is 754. The van der Waals surface area contributed by atoms with Crippen LogP contribution < -0.4 is 0 Å². The molecule has 0 fully saturated rings. The summed E-state index contributed by atoms with van der Waals surface area (Å²) in [4.78, 5) is 12.3. The number of aromatic nitrogens is 2. The Labute approximate surface area is 119 Å². The number of benzene rings is 1. The summed E-state index contributed by atoms with van der Waals surface area (Å²) in [6, 6.07) is 11.8. The van der Waals surface area contributed by atoms with Gasteiger partial charge in [-0.2, -0.15) is 0 Å². The number of rotatable bonds is 3. The predicted molar refractivity (Wildman–Crippen MR) is 79.4 cm³/mol. The normalized spacial score (nSPS) is 11.1. The van der Waals surface area contributed by atoms with Gasteiger partial charge in [0.1, 0.15) is 0 Å². The van der Waals surface area contributed by atoms with Crippen LogP contribution >= 0.6 is 15.9 Å². The van der Waals surface area contributed by atoms with Crippen LogP contribution in [-0.4, -0.2) is 14.9 Å². The Balaban J connectivity index is 1.96. The number of fused-ring (bicyclic) bond motifs is 1. The largest absolute Gasteiger partial charge is 0.348 e. The smallest absolute Gasteiger partial charge is 0.198 e. The Morgan fingerprint density at radius 1 is 1.16 bits per heavy atom. The molecule has 4 heteroatoms. The fourth-order valence-corrected chi connectivity index (χ4v) is 2.80. The van der Waals surface area contributed by atoms with Crippen LogP contribution in [-0.2, 0) is 13.6 Å². The quantitative estimate of drug-likeness (QED) is 0.678. The molecule has 0 unspecified atom stereocenters. The molecule has 96 valence electrons. The number of carbonyl (C=O) groups excluding carboxylic acids is 1. The minimum Gasteiger partial charge on any atom is -0.348 e. The molecule has 0 bridgehead atoms. The lowest BCUT2D eigenvalue weighted by molar-refractivity contribution is 0.0965. The molecule has 3 rings (SSSR count). The summed E-state index contributed by atoms with van der Waals surface area (Å²) in [5.74, 6) is 0.116. The maximum atomic E-state index is 12.3. The SMILES string of the molecule is Cn1cccc1C(=O)Cn1ccc2c(Br)cccc21. The van der Waals surface area contributed by atoms with Gasteiger partial charge in [-0.15, -0.1) is 0 Å². The molecule has 0 atom stereocenters. The number of carbonyl (C=O) groups is 1. The molecule has 0 saturated carbocycles. The predicted octanol–water partition coefficient (Wildman–Crippen LogP) is 3.63. The average Bonchev–Trinajstić information content (AvgIpc) is 2.97. The molecular weight excluding hydrogens is 304 g/mol. The van der Waals surface area contributed by atoms with E-state index in [2.05, 4.69) is 15.9 Å². The monoisotopic (exact) mass is 316 g/mol. The van der Waals surface area contributed by atoms with Crippen molar-refractivity contribution < 1.29 is 4.79 Å². The van der Waals surface area contributed by atoms with Gasteiger partial charge in [-0.1, -0.05) is 22.0 Å². The molecule has 19 heavy (non-hydrogen) atoms. The summed E-state index contributed by atoms with van der Waals surface area (Å²) < 4.78 is 4.88. The van der Waals surface area contributed by atoms with Crippen molar-refractivity contribution >= 4 is 32.6 Å². The molecule has 2 aromatic heterocycles. The van der Waals surface area contributed by atoms with Crippen molar-refractivity contribution in [1.29, 1.82) is 0 Å². The molecule has 0 aliphatic carbocycles. The lowest BCUT2D eigenvalue weighted by Gasteiger charge is -2.06. The highest BCUT2D eigenvalue weighted by Crippen LogP contribution is 2.24. The van der Waals surface area contributed by atoms with Gasteiger partial charge < -0.3 is 9.13 Å². The fraction of sp³-hybridized carbons (Fsp3) is 0.133. The van der Waals surface area contributed by atoms with E-state index >= 15 is 0 Å². The Kier molecular flexibility index (Phi) is 3.03. The van der Waals surface area contributed by atoms with Crippen LogP contribution in [0.25, 0.3) is 10.9 Å². The summed E-state index contributed by atoms with van der Waals surface area (Å²) in [5.41, 5.74) is 1.80. The molecule has 0 N–H and O–H groups in total. The number of Topliss-reactive ketones (excluding diaryl/α,β-unsaturated/α-hetero) is 1. The van der Waals surface area contributed by atoms with E-state index in [1.54, 1.807) is 0 Å². The number of halogens is 1. The first-order chi connectivity index (χ1) is 9.16. The molecule has 0 aliphatic rings. The van der Waals surface area contributed by atoms with Crippen molar-refractivity contribution in [2.45, 2.75) is 6.54 Å². The van der Waals surface area contributed by atoms with Gasteiger partial charge in [-0.05, 0) is 30.3 Å². The second-order valence-electron chi connectivity index (χ2n) is 4.54. The molecule has 3 aromatic rings. The van der Waals surface area contributed by atoms with Gasteiger partial charge in [0.25, 0.3) is 0 Å². The van der Waals surface area contributed by atoms with E-state index in [0.717, 1.165) is 21.1 Å². The maximum Gasteiger partial charge on any atom is 0.198 e. The third kappa shape index (κ3) is 2.12. The van der Waals surface area contributed by atoms with Crippen LogP contribution in [0.1, 0.15) is 10.5 Å². The van der Waals surface area contributed by atoms with Crippen LogP contribution in [0.4, 0.5) is 0 Å². The van der Waals surface area contributed by atoms with Gasteiger partial charge in [-0.3, -0.25) is 4.79 Å². The Hall–Kier alpha value is -1.81. The summed E-state index contributed by atoms with van der Waals surface area (Å²) in [7, 11) is 1.89. The molecule has 0 radical (unpaired) electrons. The van der Waals surface area contributed by atoms with Crippen LogP contribution in [0.15, 0.2) is 53.3 Å². The van der Waals surface area contributed by atoms with Crippen LogP contribution in [0.2, 0.25) is 0 Å². The molecule has 0 saturated heterocycles. The highest BCUT2D eigenvalue weighted by Gasteiger charge is 2.11. The zero-order chi connectivity index (χ0) is 13.4. The van der Waals surface area contributed by atoms with Crippen molar-refractivity contribution in [3.8, 4) is 0 Å². The molecule has 1 aromatic carbocycles. The number of ketones is 1. The summed E-state index contributed by atoms with van der Waals surface area (Å²) in [6.07, 6.45) is 3.84. The molecule has 3 nitrogen and oxygen atoms in total. The number of nitrogens with zero attached hydrogens (tertiary/aromatic N) is 2. The van der Waals surface area contributed by atoms with Gasteiger partial charge in [0.15, 0.2) is 5.78 Å². The van der Waals surface area contributed by atoms with E-state index in [1.807, 2.05) is 65.0 Å². The van der Waals surface area contributed by atoms with E-state index in [4.69, 9.17) is 0 Å². The van der Waals surface area contributed by atoms with Crippen LogP contribution in [0.5, 0.6) is 0 Å². The molecule has 0 spiro atoms. The summed E-state index contributed by atoms with van der Waals surface area (Å²) >= 11 is 3.52. The van der Waals surface area contributed by atoms with Crippen molar-refractivity contribution in [3.05, 3.63) is 59.0 Å². The Morgan fingerprint density at radius 2 is 2.00 bits per heavy atom. The zero-order valence-corrected chi connectivity index (χ0v) is 12.1. The number of hydrogen-bond donors (Lipinski definition) is 0. The third-order valence-corrected chi connectivity index (χ3v) is 4.00. The maximum absolute atomic E-state index is 12.3. The molecule has 0 amide bonds. The van der Waals surface area contributed by atoms with Crippen molar-refractivity contribution in [3.63, 3.8) is 0 Å². The van der Waals surface area contributed by atoms with Crippen LogP contribution in [0.3, 0.4) is 0 Å². The lowest BCUT2D eigenvalue weighted by atomic mass is 10.2. The van der Waals surface area contributed by atoms with Gasteiger partial charge in [0.2, 0.25) is 0 Å². The highest BCUT2D eigenvalue weighted by atomic mass is 79.9. The molecule has 0 aliphatic heterocycles. The van der Waals surface area contributed by atoms with Gasteiger partial charge in [0, 0.05) is 34.8 Å². The third-order valence-electron chi connectivity index (χ3n) is 3.30. The lowest BCUT2D eigenvalue weighted by Crippen LogP contribution is -2.12. The van der Waals surface area contributed by atoms with Crippen molar-refractivity contribution in [2.75, 3.05) is 0 Å². The van der Waals surface area contributed by atoms with Crippen molar-refractivity contribution in [2.24, 2.45) is 7.05 Å².